The van der Waals surface area contributed by atoms with E-state index < -0.39 is 23.5 Å². The Morgan fingerprint density at radius 2 is 2.00 bits per heavy atom. The summed E-state index contributed by atoms with van der Waals surface area (Å²) in [7, 11) is 0. The number of nitrogens with zero attached hydrogens (tertiary/aromatic N) is 3. The molecule has 25 heavy (non-hydrogen) atoms. The fraction of sp³-hybridized carbons (Fsp3) is 0.375. The smallest absolute Gasteiger partial charge is 0.321 e. The molecule has 3 rings (SSSR count). The topological polar surface area (TPSA) is 48.5 Å². The molecular weight excluding hydrogens is 353 g/mol. The van der Waals surface area contributed by atoms with Gasteiger partial charge in [0.05, 0.1) is 12.2 Å². The van der Waals surface area contributed by atoms with Crippen molar-refractivity contribution in [3.63, 3.8) is 0 Å². The number of hydrogen-bond donors (Lipinski definition) is 1. The lowest BCUT2D eigenvalue weighted by molar-refractivity contribution is 0.211. The number of rotatable bonds is 3. The van der Waals surface area contributed by atoms with Gasteiger partial charge >= 0.3 is 6.03 Å². The predicted molar refractivity (Wildman–Crippen MR) is 88.9 cm³/mol. The maximum Gasteiger partial charge on any atom is 0.321 e. The molecule has 0 spiro atoms. The number of carbonyl (C=O) groups is 1. The van der Waals surface area contributed by atoms with Crippen molar-refractivity contribution in [3.05, 3.63) is 46.2 Å². The Labute approximate surface area is 147 Å². The summed E-state index contributed by atoms with van der Waals surface area (Å²) in [6, 6.07) is 1.27. The molecule has 1 aliphatic heterocycles. The molecule has 0 unspecified atom stereocenters. The Balaban J connectivity index is 1.59. The summed E-state index contributed by atoms with van der Waals surface area (Å²) in [5.41, 5.74) is -0.368. The summed E-state index contributed by atoms with van der Waals surface area (Å²) in [5, 5.41) is 5.25. The van der Waals surface area contributed by atoms with Crippen molar-refractivity contribution in [1.82, 2.24) is 14.8 Å². The zero-order valence-corrected chi connectivity index (χ0v) is 14.2. The number of thiazole rings is 1. The van der Waals surface area contributed by atoms with E-state index in [4.69, 9.17) is 0 Å². The Morgan fingerprint density at radius 1 is 1.16 bits per heavy atom. The van der Waals surface area contributed by atoms with E-state index in [1.54, 1.807) is 22.4 Å². The lowest BCUT2D eigenvalue weighted by Gasteiger charge is -2.22. The number of hydrogen-bond acceptors (Lipinski definition) is 4. The zero-order chi connectivity index (χ0) is 17.8. The second-order valence-electron chi connectivity index (χ2n) is 5.70. The van der Waals surface area contributed by atoms with Gasteiger partial charge in [-0.05, 0) is 18.6 Å². The number of benzene rings is 1. The van der Waals surface area contributed by atoms with Crippen LogP contribution in [0.3, 0.4) is 0 Å². The van der Waals surface area contributed by atoms with Crippen molar-refractivity contribution in [3.8, 4) is 0 Å². The SMILES string of the molecule is O=C(Nc1ccc(F)c(F)c1F)N1CCCN(Cc2nccs2)CC1. The van der Waals surface area contributed by atoms with E-state index in [1.165, 1.54) is 0 Å². The fourth-order valence-electron chi connectivity index (χ4n) is 2.67. The molecule has 0 saturated carbocycles. The summed E-state index contributed by atoms with van der Waals surface area (Å²) < 4.78 is 39.9. The van der Waals surface area contributed by atoms with Crippen molar-refractivity contribution in [2.75, 3.05) is 31.5 Å². The van der Waals surface area contributed by atoms with Crippen LogP contribution in [-0.2, 0) is 6.54 Å². The van der Waals surface area contributed by atoms with Crippen LogP contribution in [-0.4, -0.2) is 47.0 Å². The molecule has 1 fully saturated rings. The van der Waals surface area contributed by atoms with Crippen LogP contribution in [0.25, 0.3) is 0 Å². The van der Waals surface area contributed by atoms with Crippen molar-refractivity contribution in [2.24, 2.45) is 0 Å². The Morgan fingerprint density at radius 3 is 2.76 bits per heavy atom. The van der Waals surface area contributed by atoms with Crippen LogP contribution < -0.4 is 5.32 Å². The fourth-order valence-corrected chi connectivity index (χ4v) is 3.33. The second-order valence-corrected chi connectivity index (χ2v) is 6.67. The van der Waals surface area contributed by atoms with Gasteiger partial charge in [0, 0.05) is 37.8 Å². The van der Waals surface area contributed by atoms with Crippen molar-refractivity contribution < 1.29 is 18.0 Å². The summed E-state index contributed by atoms with van der Waals surface area (Å²) in [4.78, 5) is 20.3. The molecule has 2 amide bonds. The quantitative estimate of drug-likeness (QED) is 0.844. The molecule has 0 atom stereocenters. The van der Waals surface area contributed by atoms with Gasteiger partial charge in [-0.2, -0.15) is 0 Å². The van der Waals surface area contributed by atoms with Crippen molar-refractivity contribution in [1.29, 1.82) is 0 Å². The number of halogens is 3. The van der Waals surface area contributed by atoms with Crippen LogP contribution >= 0.6 is 11.3 Å². The molecule has 1 saturated heterocycles. The number of amides is 2. The van der Waals surface area contributed by atoms with Gasteiger partial charge in [-0.25, -0.2) is 22.9 Å². The highest BCUT2D eigenvalue weighted by molar-refractivity contribution is 7.09. The van der Waals surface area contributed by atoms with E-state index in [0.29, 0.717) is 19.6 Å². The molecular formula is C16H17F3N4OS. The number of anilines is 1. The number of urea groups is 1. The van der Waals surface area contributed by atoms with E-state index in [9.17, 15) is 18.0 Å². The highest BCUT2D eigenvalue weighted by Gasteiger charge is 2.22. The minimum Gasteiger partial charge on any atom is -0.323 e. The lowest BCUT2D eigenvalue weighted by Crippen LogP contribution is -2.38. The molecule has 1 aliphatic rings. The molecule has 1 N–H and O–H groups in total. The third-order valence-electron chi connectivity index (χ3n) is 3.99. The van der Waals surface area contributed by atoms with Crippen molar-refractivity contribution >= 4 is 23.1 Å². The maximum absolute atomic E-state index is 13.7. The normalized spacial score (nSPS) is 15.9. The van der Waals surface area contributed by atoms with E-state index in [0.717, 1.165) is 36.7 Å². The molecule has 2 aromatic rings. The molecule has 1 aromatic heterocycles. The van der Waals surface area contributed by atoms with Crippen LogP contribution in [0.2, 0.25) is 0 Å². The average Bonchev–Trinajstić information content (AvgIpc) is 2.99. The van der Waals surface area contributed by atoms with Gasteiger partial charge < -0.3 is 10.2 Å². The van der Waals surface area contributed by atoms with Gasteiger partial charge in [-0.1, -0.05) is 0 Å². The maximum atomic E-state index is 13.7. The molecule has 0 aliphatic carbocycles. The van der Waals surface area contributed by atoms with Crippen LogP contribution in [0.1, 0.15) is 11.4 Å². The van der Waals surface area contributed by atoms with E-state index in [2.05, 4.69) is 15.2 Å². The highest BCUT2D eigenvalue weighted by atomic mass is 32.1. The van der Waals surface area contributed by atoms with Gasteiger partial charge in [0.1, 0.15) is 5.01 Å². The molecule has 0 bridgehead atoms. The molecule has 1 aromatic carbocycles. The lowest BCUT2D eigenvalue weighted by atomic mass is 10.3. The number of nitrogens with one attached hydrogen (secondary N) is 1. The number of carbonyl (C=O) groups excluding carboxylic acids is 1. The first-order chi connectivity index (χ1) is 12.0. The third-order valence-corrected chi connectivity index (χ3v) is 4.76. The molecule has 9 heteroatoms. The molecule has 5 nitrogen and oxygen atoms in total. The van der Waals surface area contributed by atoms with E-state index in [1.807, 2.05) is 5.38 Å². The minimum atomic E-state index is -1.59. The monoisotopic (exact) mass is 370 g/mol. The summed E-state index contributed by atoms with van der Waals surface area (Å²) in [6.45, 7) is 3.18. The highest BCUT2D eigenvalue weighted by Crippen LogP contribution is 2.20. The van der Waals surface area contributed by atoms with E-state index in [-0.39, 0.29) is 5.69 Å². The summed E-state index contributed by atoms with van der Waals surface area (Å²) in [6.07, 6.45) is 2.52. The van der Waals surface area contributed by atoms with Crippen LogP contribution in [0.15, 0.2) is 23.7 Å². The molecule has 134 valence electrons. The third kappa shape index (κ3) is 4.29. The molecule has 0 radical (unpaired) electrons. The zero-order valence-electron chi connectivity index (χ0n) is 13.3. The van der Waals surface area contributed by atoms with Crippen LogP contribution in [0.4, 0.5) is 23.7 Å². The van der Waals surface area contributed by atoms with Gasteiger partial charge in [0.2, 0.25) is 0 Å². The summed E-state index contributed by atoms with van der Waals surface area (Å²) >= 11 is 1.58. The first-order valence-electron chi connectivity index (χ1n) is 7.85. The first-order valence-corrected chi connectivity index (χ1v) is 8.72. The largest absolute Gasteiger partial charge is 0.323 e. The first kappa shape index (κ1) is 17.7. The average molecular weight is 370 g/mol. The van der Waals surface area contributed by atoms with Crippen molar-refractivity contribution in [2.45, 2.75) is 13.0 Å². The minimum absolute atomic E-state index is 0.368. The summed E-state index contributed by atoms with van der Waals surface area (Å²) in [5.74, 6) is -4.28. The predicted octanol–water partition coefficient (Wildman–Crippen LogP) is 3.30. The number of aromatic nitrogens is 1. The molecule has 2 heterocycles. The van der Waals surface area contributed by atoms with Crippen LogP contribution in [0, 0.1) is 17.5 Å². The van der Waals surface area contributed by atoms with Gasteiger partial charge in [-0.15, -0.1) is 11.3 Å². The van der Waals surface area contributed by atoms with Crippen LogP contribution in [0.5, 0.6) is 0 Å². The van der Waals surface area contributed by atoms with E-state index >= 15 is 0 Å². The standard InChI is InChI=1S/C16H17F3N4OS/c17-11-2-3-12(15(19)14(11)18)21-16(24)23-6-1-5-22(7-8-23)10-13-20-4-9-25-13/h2-4,9H,1,5-8,10H2,(H,21,24). The Kier molecular flexibility index (Phi) is 5.54. The Hall–Kier alpha value is -2.13. The van der Waals surface area contributed by atoms with Gasteiger partial charge in [-0.3, -0.25) is 4.90 Å². The Bertz CT molecular complexity index is 741. The van der Waals surface area contributed by atoms with Gasteiger partial charge in [0.25, 0.3) is 0 Å². The van der Waals surface area contributed by atoms with Gasteiger partial charge in [0.15, 0.2) is 17.5 Å². The second kappa shape index (κ2) is 7.83.